The van der Waals surface area contributed by atoms with Crippen LogP contribution in [-0.2, 0) is 9.53 Å². The molecule has 2 radical (unpaired) electrons. The molecule has 0 saturated heterocycles. The molecule has 0 fully saturated rings. The summed E-state index contributed by atoms with van der Waals surface area (Å²) in [7, 11) is 0. The molecule has 8 heteroatoms. The van der Waals surface area contributed by atoms with Crippen molar-refractivity contribution < 1.29 is 19.7 Å². The molecule has 6 nitrogen and oxygen atoms in total. The molecule has 0 aromatic heterocycles. The molecule has 6 N–H and O–H groups in total. The van der Waals surface area contributed by atoms with Gasteiger partial charge < -0.3 is 26.4 Å². The fourth-order valence-electron chi connectivity index (χ4n) is 2.60. The first kappa shape index (κ1) is 25.1. The molecule has 0 bridgehead atoms. The quantitative estimate of drug-likeness (QED) is 0.212. The minimum Gasteiger partial charge on any atom is -0.508 e. The first-order valence-corrected chi connectivity index (χ1v) is 7.61. The van der Waals surface area contributed by atoms with Gasteiger partial charge in [0.05, 0.1) is 12.3 Å². The van der Waals surface area contributed by atoms with Crippen LogP contribution >= 0.6 is 0 Å². The Bertz CT molecular complexity index is 797. The van der Waals surface area contributed by atoms with Gasteiger partial charge in [-0.1, -0.05) is 12.1 Å². The summed E-state index contributed by atoms with van der Waals surface area (Å²) in [4.78, 5) is 12.5. The first-order chi connectivity index (χ1) is 11.3. The summed E-state index contributed by atoms with van der Waals surface area (Å²) >= 11 is 0. The number of aromatic hydroxyl groups is 2. The van der Waals surface area contributed by atoms with Gasteiger partial charge in [0.1, 0.15) is 17.4 Å². The Hall–Kier alpha value is -0.890. The first-order valence-electron chi connectivity index (χ1n) is 7.61. The number of nitrogens with two attached hydrogens (primary N) is 2. The third-order valence-electron chi connectivity index (χ3n) is 4.01. The zero-order valence-electron chi connectivity index (χ0n) is 16.0. The van der Waals surface area contributed by atoms with Crippen molar-refractivity contribution in [2.45, 2.75) is 26.7 Å². The fraction of sp³-hybridized carbons (Fsp3) is 0.278. The van der Waals surface area contributed by atoms with Gasteiger partial charge in [-0.2, -0.15) is 0 Å². The van der Waals surface area contributed by atoms with Crippen LogP contribution in [0.2, 0.25) is 0 Å². The minimum absolute atomic E-state index is 0. The summed E-state index contributed by atoms with van der Waals surface area (Å²) in [6.45, 7) is 5.35. The Morgan fingerprint density at radius 1 is 1.12 bits per heavy atom. The second-order valence-electron chi connectivity index (χ2n) is 5.69. The topological polar surface area (TPSA) is 119 Å². The van der Waals surface area contributed by atoms with E-state index in [4.69, 9.17) is 16.2 Å². The smallest absolute Gasteiger partial charge is 0.318 e. The Kier molecular flexibility index (Phi) is 10.1. The zero-order chi connectivity index (χ0) is 18.0. The van der Waals surface area contributed by atoms with Gasteiger partial charge in [0.2, 0.25) is 0 Å². The van der Waals surface area contributed by atoms with E-state index in [0.29, 0.717) is 16.8 Å². The monoisotopic (exact) mass is 376 g/mol. The van der Waals surface area contributed by atoms with Crippen molar-refractivity contribution in [2.24, 2.45) is 0 Å². The number of anilines is 2. The Morgan fingerprint density at radius 3 is 2.27 bits per heavy atom. The van der Waals surface area contributed by atoms with Crippen LogP contribution in [0.4, 0.5) is 11.4 Å². The molecule has 0 saturated carbocycles. The summed E-state index contributed by atoms with van der Waals surface area (Å²) in [5, 5.41) is 20.7. The number of hydrogen-bond donors (Lipinski definition) is 4. The van der Waals surface area contributed by atoms with Gasteiger partial charge >= 0.3 is 5.97 Å². The van der Waals surface area contributed by atoms with Gasteiger partial charge in [-0.3, -0.25) is 4.79 Å². The van der Waals surface area contributed by atoms with Gasteiger partial charge in [-0.25, -0.2) is 0 Å². The number of hydrogen-bond acceptors (Lipinski definition) is 6. The van der Waals surface area contributed by atoms with E-state index in [-0.39, 0.29) is 88.5 Å². The van der Waals surface area contributed by atoms with Crippen LogP contribution in [0.3, 0.4) is 0 Å². The molecule has 0 aliphatic rings. The number of rotatable bonds is 4. The van der Waals surface area contributed by atoms with Gasteiger partial charge in [0, 0.05) is 75.9 Å². The number of benzene rings is 2. The average molecular weight is 376 g/mol. The van der Waals surface area contributed by atoms with E-state index in [1.165, 1.54) is 6.07 Å². The van der Waals surface area contributed by atoms with Gasteiger partial charge in [0.15, 0.2) is 0 Å². The largest absolute Gasteiger partial charge is 0.508 e. The summed E-state index contributed by atoms with van der Waals surface area (Å²) in [6, 6.07) is 6.42. The molecule has 0 aliphatic heterocycles. The molecule has 26 heavy (non-hydrogen) atoms. The van der Waals surface area contributed by atoms with Crippen LogP contribution in [-0.4, -0.2) is 81.9 Å². The Balaban J connectivity index is 0.00000312. The van der Waals surface area contributed by atoms with Crippen molar-refractivity contribution in [1.82, 2.24) is 0 Å². The van der Waals surface area contributed by atoms with E-state index in [1.807, 2.05) is 6.92 Å². The van der Waals surface area contributed by atoms with Gasteiger partial charge in [0.25, 0.3) is 0 Å². The predicted molar refractivity (Wildman–Crippen MR) is 104 cm³/mol. The molecule has 130 valence electrons. The fourth-order valence-corrected chi connectivity index (χ4v) is 2.60. The maximum Gasteiger partial charge on any atom is 0.318 e. The van der Waals surface area contributed by atoms with Crippen molar-refractivity contribution in [1.29, 1.82) is 0 Å². The molecule has 2 rings (SSSR count). The summed E-state index contributed by atoms with van der Waals surface area (Å²) in [5.74, 6) is -1.93. The standard InChI is InChI=1S/C18H22N2O4.2Na/c1-4-24-18(23)15(11-6-5-9(2)7-14(11)21)12-8-13(19)10(3)16(20)17(12)22;;/h5-8,15,21-22H,4,19-20H2,1-3H3;;. The molecule has 0 amide bonds. The van der Waals surface area contributed by atoms with E-state index >= 15 is 0 Å². The van der Waals surface area contributed by atoms with Crippen LogP contribution in [0.1, 0.15) is 35.1 Å². The summed E-state index contributed by atoms with van der Waals surface area (Å²) in [5.41, 5.74) is 14.2. The summed E-state index contributed by atoms with van der Waals surface area (Å²) < 4.78 is 5.12. The van der Waals surface area contributed by atoms with Gasteiger partial charge in [-0.05, 0) is 44.0 Å². The van der Waals surface area contributed by atoms with Crippen molar-refractivity contribution in [2.75, 3.05) is 18.1 Å². The Labute approximate surface area is 197 Å². The number of aryl methyl sites for hydroxylation is 1. The number of esters is 1. The molecule has 0 spiro atoms. The number of carbonyl (C=O) groups is 1. The molecule has 0 aliphatic carbocycles. The second kappa shape index (κ2) is 10.4. The maximum atomic E-state index is 12.5. The third kappa shape index (κ3) is 5.09. The SMILES string of the molecule is CCOC(=O)C(c1ccc(C)cc1O)c1cc(N)c(C)c(N)c1O.[Na].[Na]. The van der Waals surface area contributed by atoms with Crippen LogP contribution in [0, 0.1) is 13.8 Å². The molecule has 1 atom stereocenters. The van der Waals surface area contributed by atoms with Crippen molar-refractivity contribution in [3.05, 3.63) is 46.5 Å². The molecular formula is C18H22N2Na2O4. The van der Waals surface area contributed by atoms with E-state index in [2.05, 4.69) is 0 Å². The van der Waals surface area contributed by atoms with Crippen LogP contribution in [0.25, 0.3) is 0 Å². The number of carbonyl (C=O) groups excluding carboxylic acids is 1. The molecular weight excluding hydrogens is 354 g/mol. The molecule has 2 aromatic carbocycles. The van der Waals surface area contributed by atoms with E-state index in [1.54, 1.807) is 32.0 Å². The molecule has 1 unspecified atom stereocenters. The van der Waals surface area contributed by atoms with Crippen LogP contribution < -0.4 is 11.5 Å². The van der Waals surface area contributed by atoms with Crippen LogP contribution in [0.5, 0.6) is 11.5 Å². The zero-order valence-corrected chi connectivity index (χ0v) is 20.0. The molecule has 0 heterocycles. The predicted octanol–water partition coefficient (Wildman–Crippen LogP) is 1.81. The Morgan fingerprint density at radius 2 is 1.73 bits per heavy atom. The molecule has 2 aromatic rings. The van der Waals surface area contributed by atoms with Gasteiger partial charge in [-0.15, -0.1) is 0 Å². The van der Waals surface area contributed by atoms with E-state index < -0.39 is 11.9 Å². The maximum absolute atomic E-state index is 12.5. The third-order valence-corrected chi connectivity index (χ3v) is 4.01. The van der Waals surface area contributed by atoms with Crippen LogP contribution in [0.15, 0.2) is 24.3 Å². The number of nitrogen functional groups attached to an aromatic ring is 2. The number of phenolic OH excluding ortho intramolecular Hbond substituents is 2. The van der Waals surface area contributed by atoms with Crippen molar-refractivity contribution >= 4 is 76.5 Å². The average Bonchev–Trinajstić information content (AvgIpc) is 2.52. The van der Waals surface area contributed by atoms with Crippen molar-refractivity contribution in [3.8, 4) is 11.5 Å². The number of ether oxygens (including phenoxy) is 1. The second-order valence-corrected chi connectivity index (χ2v) is 5.69. The normalized spacial score (nSPS) is 11.0. The minimum atomic E-state index is -1.03. The summed E-state index contributed by atoms with van der Waals surface area (Å²) in [6.07, 6.45) is 0. The van der Waals surface area contributed by atoms with Crippen molar-refractivity contribution in [3.63, 3.8) is 0 Å². The van der Waals surface area contributed by atoms with E-state index in [9.17, 15) is 15.0 Å². The number of phenols is 2. The van der Waals surface area contributed by atoms with E-state index in [0.717, 1.165) is 5.56 Å².